The van der Waals surface area contributed by atoms with Gasteiger partial charge in [-0.1, -0.05) is 12.1 Å². The van der Waals surface area contributed by atoms with E-state index in [1.807, 2.05) is 0 Å². The summed E-state index contributed by atoms with van der Waals surface area (Å²) >= 11 is 0. The van der Waals surface area contributed by atoms with Crippen molar-refractivity contribution in [3.63, 3.8) is 0 Å². The van der Waals surface area contributed by atoms with Gasteiger partial charge in [-0.3, -0.25) is 19.8 Å². The first-order chi connectivity index (χ1) is 14.6. The predicted octanol–water partition coefficient (Wildman–Crippen LogP) is 1.67. The van der Waals surface area contributed by atoms with Crippen LogP contribution in [-0.4, -0.2) is 52.2 Å². The van der Waals surface area contributed by atoms with Gasteiger partial charge in [-0.05, 0) is 31.2 Å². The van der Waals surface area contributed by atoms with Gasteiger partial charge in [0.2, 0.25) is 5.91 Å². The number of nitrogens with one attached hydrogen (secondary N) is 1. The molecule has 2 N–H and O–H groups in total. The van der Waals surface area contributed by atoms with Gasteiger partial charge in [0.15, 0.2) is 11.5 Å². The number of anilines is 1. The highest BCUT2D eigenvalue weighted by Crippen LogP contribution is 2.34. The van der Waals surface area contributed by atoms with Crippen LogP contribution in [0.25, 0.3) is 0 Å². The third-order valence-electron chi connectivity index (χ3n) is 4.88. The number of benzene rings is 2. The van der Waals surface area contributed by atoms with Crippen LogP contribution in [-0.2, 0) is 19.6 Å². The van der Waals surface area contributed by atoms with E-state index in [9.17, 15) is 22.6 Å². The highest BCUT2D eigenvalue weighted by molar-refractivity contribution is 7.86. The highest BCUT2D eigenvalue weighted by Gasteiger charge is 2.44. The molecule has 2 aromatic rings. The topological polar surface area (TPSA) is 131 Å². The number of amides is 1. The number of esters is 1. The molecule has 3 rings (SSSR count). The number of carbonyl (C=O) groups excluding carboxylic acids is 2. The zero-order chi connectivity index (χ0) is 22.8. The average Bonchev–Trinajstić information content (AvgIpc) is 3.05. The molecule has 0 aromatic heterocycles. The van der Waals surface area contributed by atoms with Crippen LogP contribution in [0.4, 0.5) is 5.69 Å². The maximum Gasteiger partial charge on any atom is 0.339 e. The monoisotopic (exact) mass is 450 g/mol. The minimum absolute atomic E-state index is 0.175. The minimum Gasteiger partial charge on any atom is -0.493 e. The van der Waals surface area contributed by atoms with Gasteiger partial charge in [-0.2, -0.15) is 8.42 Å². The van der Waals surface area contributed by atoms with E-state index in [2.05, 4.69) is 5.43 Å². The van der Waals surface area contributed by atoms with E-state index >= 15 is 0 Å². The zero-order valence-corrected chi connectivity index (χ0v) is 17.9. The third kappa shape index (κ3) is 4.57. The Kier molecular flexibility index (Phi) is 6.09. The molecule has 166 valence electrons. The Hall–Kier alpha value is -3.31. The van der Waals surface area contributed by atoms with Crippen LogP contribution in [0.3, 0.4) is 0 Å². The summed E-state index contributed by atoms with van der Waals surface area (Å²) in [7, 11) is -1.60. The Morgan fingerprint density at radius 2 is 1.84 bits per heavy atom. The van der Waals surface area contributed by atoms with Crippen LogP contribution >= 0.6 is 0 Å². The van der Waals surface area contributed by atoms with Crippen molar-refractivity contribution in [2.24, 2.45) is 5.41 Å². The van der Waals surface area contributed by atoms with Crippen LogP contribution in [0, 0.1) is 5.41 Å². The quantitative estimate of drug-likeness (QED) is 0.477. The van der Waals surface area contributed by atoms with E-state index in [0.717, 1.165) is 6.07 Å². The summed E-state index contributed by atoms with van der Waals surface area (Å²) < 4.78 is 48.0. The molecule has 0 radical (unpaired) electrons. The summed E-state index contributed by atoms with van der Waals surface area (Å²) in [6.07, 6.45) is 0. The normalized spacial score (nSPS) is 18.5. The molecule has 1 unspecified atom stereocenters. The molecule has 1 atom stereocenters. The first-order valence-electron chi connectivity index (χ1n) is 9.13. The van der Waals surface area contributed by atoms with Crippen LogP contribution in [0.2, 0.25) is 0 Å². The average molecular weight is 450 g/mol. The Morgan fingerprint density at radius 1 is 1.16 bits per heavy atom. The smallest absolute Gasteiger partial charge is 0.339 e. The van der Waals surface area contributed by atoms with Gasteiger partial charge in [0, 0.05) is 6.07 Å². The second-order valence-corrected chi connectivity index (χ2v) is 8.56. The van der Waals surface area contributed by atoms with Crippen LogP contribution in [0.1, 0.15) is 17.3 Å². The number of carbonyl (C=O) groups is 2. The molecule has 31 heavy (non-hydrogen) atoms. The molecule has 1 saturated heterocycles. The van der Waals surface area contributed by atoms with Gasteiger partial charge in [-0.15, -0.1) is 0 Å². The highest BCUT2D eigenvalue weighted by atomic mass is 32.2. The lowest BCUT2D eigenvalue weighted by Crippen LogP contribution is -2.35. The molecule has 11 heteroatoms. The molecule has 1 aliphatic rings. The lowest BCUT2D eigenvalue weighted by atomic mass is 9.92. The van der Waals surface area contributed by atoms with E-state index < -0.39 is 26.4 Å². The fraction of sp³-hybridized carbons (Fsp3) is 0.300. The SMILES string of the molecule is COc1ccc(N2CC(C)(COC(=O)c3ccccc3S(=O)(=O)O)C(=O)N2)cc1OC. The molecule has 2 aromatic carbocycles. The molecule has 0 spiro atoms. The van der Waals surface area contributed by atoms with Crippen molar-refractivity contribution < 1.29 is 36.8 Å². The van der Waals surface area contributed by atoms with Crippen molar-refractivity contribution >= 4 is 27.7 Å². The fourth-order valence-electron chi connectivity index (χ4n) is 3.14. The number of ether oxygens (including phenoxy) is 3. The Balaban J connectivity index is 1.75. The van der Waals surface area contributed by atoms with E-state index in [1.165, 1.54) is 32.4 Å². The molecule has 0 bridgehead atoms. The van der Waals surface area contributed by atoms with Gasteiger partial charge in [0.05, 0.1) is 32.0 Å². The lowest BCUT2D eigenvalue weighted by Gasteiger charge is -2.22. The summed E-state index contributed by atoms with van der Waals surface area (Å²) in [5, 5.41) is 1.59. The standard InChI is InChI=1S/C20H22N2O8S/c1-20(12-30-18(23)14-6-4-5-7-17(14)31(25,26)27)11-22(21-19(20)24)13-8-9-15(28-2)16(10-13)29-3/h4-10H,11-12H2,1-3H3,(H,21,24)(H,25,26,27). The molecular weight excluding hydrogens is 428 g/mol. The van der Waals surface area contributed by atoms with Gasteiger partial charge < -0.3 is 14.2 Å². The van der Waals surface area contributed by atoms with Crippen LogP contribution < -0.4 is 19.9 Å². The summed E-state index contributed by atoms with van der Waals surface area (Å²) in [5.41, 5.74) is 1.94. The first-order valence-corrected chi connectivity index (χ1v) is 10.6. The third-order valence-corrected chi connectivity index (χ3v) is 5.79. The van der Waals surface area contributed by atoms with Crippen molar-refractivity contribution in [1.82, 2.24) is 5.43 Å². The predicted molar refractivity (Wildman–Crippen MR) is 110 cm³/mol. The molecule has 1 amide bonds. The van der Waals surface area contributed by atoms with Crippen LogP contribution in [0.15, 0.2) is 47.4 Å². The van der Waals surface area contributed by atoms with Crippen molar-refractivity contribution in [2.75, 3.05) is 32.4 Å². The molecule has 1 fully saturated rings. The van der Waals surface area contributed by atoms with E-state index in [4.69, 9.17) is 14.2 Å². The van der Waals surface area contributed by atoms with Crippen LogP contribution in [0.5, 0.6) is 11.5 Å². The van der Waals surface area contributed by atoms with Crippen molar-refractivity contribution in [3.8, 4) is 11.5 Å². The largest absolute Gasteiger partial charge is 0.493 e. The van der Waals surface area contributed by atoms with E-state index in [1.54, 1.807) is 30.1 Å². The molecule has 1 aliphatic heterocycles. The Morgan fingerprint density at radius 3 is 2.48 bits per heavy atom. The van der Waals surface area contributed by atoms with Crippen molar-refractivity contribution in [1.29, 1.82) is 0 Å². The van der Waals surface area contributed by atoms with Gasteiger partial charge >= 0.3 is 5.97 Å². The van der Waals surface area contributed by atoms with E-state index in [0.29, 0.717) is 17.2 Å². The number of hydrogen-bond donors (Lipinski definition) is 2. The summed E-state index contributed by atoms with van der Waals surface area (Å²) in [6, 6.07) is 10.2. The number of hydrogen-bond acceptors (Lipinski definition) is 8. The summed E-state index contributed by atoms with van der Waals surface area (Å²) in [6.45, 7) is 1.49. The molecule has 0 aliphatic carbocycles. The van der Waals surface area contributed by atoms with Crippen molar-refractivity contribution in [2.45, 2.75) is 11.8 Å². The summed E-state index contributed by atoms with van der Waals surface area (Å²) in [5.74, 6) is -0.327. The Bertz CT molecular complexity index is 1120. The van der Waals surface area contributed by atoms with Gasteiger partial charge in [0.1, 0.15) is 16.9 Å². The van der Waals surface area contributed by atoms with Crippen molar-refractivity contribution in [3.05, 3.63) is 48.0 Å². The van der Waals surface area contributed by atoms with Gasteiger partial charge in [-0.25, -0.2) is 4.79 Å². The molecule has 1 heterocycles. The second kappa shape index (κ2) is 8.44. The minimum atomic E-state index is -4.61. The maximum absolute atomic E-state index is 12.6. The number of hydrazine groups is 1. The molecular formula is C20H22N2O8S. The number of nitrogens with zero attached hydrogens (tertiary/aromatic N) is 1. The van der Waals surface area contributed by atoms with E-state index in [-0.39, 0.29) is 24.6 Å². The molecule has 0 saturated carbocycles. The lowest BCUT2D eigenvalue weighted by molar-refractivity contribution is -0.128. The Labute approximate surface area is 179 Å². The second-order valence-electron chi connectivity index (χ2n) is 7.17. The first kappa shape index (κ1) is 22.4. The fourth-order valence-corrected chi connectivity index (χ4v) is 3.82. The molecule has 10 nitrogen and oxygen atoms in total. The van der Waals surface area contributed by atoms with Gasteiger partial charge in [0.25, 0.3) is 10.1 Å². The zero-order valence-electron chi connectivity index (χ0n) is 17.1. The maximum atomic E-state index is 12.6. The number of methoxy groups -OCH3 is 2. The summed E-state index contributed by atoms with van der Waals surface area (Å²) in [4.78, 5) is 24.5. The number of rotatable bonds is 7.